The van der Waals surface area contributed by atoms with E-state index in [-0.39, 0.29) is 16.4 Å². The van der Waals surface area contributed by atoms with Crippen LogP contribution in [0.15, 0.2) is 64.4 Å². The van der Waals surface area contributed by atoms with Crippen LogP contribution in [0.5, 0.6) is 11.5 Å². The average molecular weight is 392 g/mol. The van der Waals surface area contributed by atoms with Crippen molar-refractivity contribution in [2.24, 2.45) is 0 Å². The van der Waals surface area contributed by atoms with E-state index in [9.17, 15) is 18.6 Å². The van der Waals surface area contributed by atoms with Crippen LogP contribution in [0.4, 0.5) is 0 Å². The second-order valence-corrected chi connectivity index (χ2v) is 11.2. The van der Waals surface area contributed by atoms with Gasteiger partial charge >= 0.3 is 10.1 Å². The Morgan fingerprint density at radius 2 is 1.50 bits per heavy atom. The van der Waals surface area contributed by atoms with Crippen LogP contribution in [0.25, 0.3) is 10.8 Å². The van der Waals surface area contributed by atoms with Gasteiger partial charge in [0, 0.05) is 15.7 Å². The summed E-state index contributed by atoms with van der Waals surface area (Å²) in [4.78, 5) is 0.620. The standard InChI is InChI=1S/C19H20O5S2/c1-13-7-9-14(10-8-13)26(22,23)24-25(2,3)18-12-11-16(20)15-5-4-6-17(21)19(15)18/h4-12,20-21H,1-3H3. The molecule has 0 saturated heterocycles. The van der Waals surface area contributed by atoms with E-state index in [2.05, 4.69) is 0 Å². The summed E-state index contributed by atoms with van der Waals surface area (Å²) in [6.07, 6.45) is 3.38. The molecular weight excluding hydrogens is 372 g/mol. The van der Waals surface area contributed by atoms with E-state index in [4.69, 9.17) is 3.63 Å². The van der Waals surface area contributed by atoms with Crippen molar-refractivity contribution in [3.63, 3.8) is 0 Å². The van der Waals surface area contributed by atoms with Gasteiger partial charge in [0.15, 0.2) is 0 Å². The van der Waals surface area contributed by atoms with E-state index in [0.29, 0.717) is 15.7 Å². The molecule has 3 rings (SSSR count). The van der Waals surface area contributed by atoms with Crippen LogP contribution < -0.4 is 0 Å². The molecule has 0 amide bonds. The second kappa shape index (κ2) is 6.50. The molecule has 0 aliphatic heterocycles. The molecule has 26 heavy (non-hydrogen) atoms. The third-order valence-electron chi connectivity index (χ3n) is 4.06. The number of hydrogen-bond donors (Lipinski definition) is 2. The summed E-state index contributed by atoms with van der Waals surface area (Å²) in [5.74, 6) is -0.0263. The number of aromatic hydroxyl groups is 2. The first-order valence-electron chi connectivity index (χ1n) is 7.81. The molecule has 0 radical (unpaired) electrons. The Bertz CT molecular complexity index is 1070. The molecule has 0 aliphatic rings. The highest BCUT2D eigenvalue weighted by Gasteiger charge is 2.29. The third kappa shape index (κ3) is 3.38. The topological polar surface area (TPSA) is 83.8 Å². The van der Waals surface area contributed by atoms with Crippen molar-refractivity contribution < 1.29 is 22.3 Å². The predicted octanol–water partition coefficient (Wildman–Crippen LogP) is 4.30. The van der Waals surface area contributed by atoms with Crippen LogP contribution in [0.1, 0.15) is 5.56 Å². The van der Waals surface area contributed by atoms with Crippen LogP contribution in [0, 0.1) is 6.92 Å². The van der Waals surface area contributed by atoms with Crippen molar-refractivity contribution in [2.75, 3.05) is 12.5 Å². The van der Waals surface area contributed by atoms with E-state index in [0.717, 1.165) is 5.56 Å². The lowest BCUT2D eigenvalue weighted by Gasteiger charge is -2.31. The van der Waals surface area contributed by atoms with Crippen molar-refractivity contribution >= 4 is 31.2 Å². The number of hydrogen-bond acceptors (Lipinski definition) is 5. The summed E-state index contributed by atoms with van der Waals surface area (Å²) in [6, 6.07) is 14.3. The van der Waals surface area contributed by atoms with Crippen LogP contribution in [-0.2, 0) is 13.7 Å². The molecule has 0 bridgehead atoms. The van der Waals surface area contributed by atoms with Crippen molar-refractivity contribution in [2.45, 2.75) is 16.7 Å². The zero-order valence-corrected chi connectivity index (χ0v) is 16.3. The average Bonchev–Trinajstić information content (AvgIpc) is 2.55. The predicted molar refractivity (Wildman–Crippen MR) is 104 cm³/mol. The molecular formula is C19H20O5S2. The summed E-state index contributed by atoms with van der Waals surface area (Å²) in [7, 11) is -6.28. The fourth-order valence-corrected chi connectivity index (χ4v) is 6.73. The molecule has 5 nitrogen and oxygen atoms in total. The van der Waals surface area contributed by atoms with E-state index in [1.807, 2.05) is 6.92 Å². The number of phenols is 2. The number of fused-ring (bicyclic) bond motifs is 1. The molecule has 3 aromatic carbocycles. The molecule has 0 spiro atoms. The molecule has 0 saturated carbocycles. The highest BCUT2D eigenvalue weighted by atomic mass is 32.3. The van der Waals surface area contributed by atoms with E-state index >= 15 is 0 Å². The van der Waals surface area contributed by atoms with Gasteiger partial charge in [0.05, 0.1) is 4.90 Å². The zero-order chi connectivity index (χ0) is 19.1. The summed E-state index contributed by atoms with van der Waals surface area (Å²) in [5, 5.41) is 21.2. The van der Waals surface area contributed by atoms with Gasteiger partial charge in [0.25, 0.3) is 0 Å². The Morgan fingerprint density at radius 3 is 2.15 bits per heavy atom. The van der Waals surface area contributed by atoms with Crippen molar-refractivity contribution in [1.82, 2.24) is 0 Å². The van der Waals surface area contributed by atoms with Gasteiger partial charge in [0.2, 0.25) is 0 Å². The molecule has 7 heteroatoms. The first-order chi connectivity index (χ1) is 12.1. The zero-order valence-electron chi connectivity index (χ0n) is 14.6. The molecule has 138 valence electrons. The van der Waals surface area contributed by atoms with E-state index < -0.39 is 20.4 Å². The third-order valence-corrected chi connectivity index (χ3v) is 8.38. The minimum absolute atomic E-state index is 0.0104. The van der Waals surface area contributed by atoms with Crippen LogP contribution in [0.2, 0.25) is 0 Å². The smallest absolute Gasteiger partial charge is 0.306 e. The van der Waals surface area contributed by atoms with Gasteiger partial charge < -0.3 is 10.2 Å². The SMILES string of the molecule is Cc1ccc(S(=O)(=O)OS(C)(C)c2ccc(O)c3cccc(O)c23)cc1. The monoisotopic (exact) mass is 392 g/mol. The molecule has 3 aromatic rings. The highest BCUT2D eigenvalue weighted by molar-refractivity contribution is 8.32. The lowest BCUT2D eigenvalue weighted by Crippen LogP contribution is -2.11. The number of benzene rings is 3. The van der Waals surface area contributed by atoms with Gasteiger partial charge in [0.1, 0.15) is 11.5 Å². The Hall–Kier alpha value is -2.22. The maximum absolute atomic E-state index is 12.7. The quantitative estimate of drug-likeness (QED) is 0.691. The lowest BCUT2D eigenvalue weighted by atomic mass is 10.1. The van der Waals surface area contributed by atoms with Crippen molar-refractivity contribution in [3.8, 4) is 11.5 Å². The molecule has 0 aromatic heterocycles. The highest BCUT2D eigenvalue weighted by Crippen LogP contribution is 2.56. The minimum atomic E-state index is -3.98. The Labute approximate surface area is 154 Å². The first kappa shape index (κ1) is 18.6. The molecule has 0 heterocycles. The lowest BCUT2D eigenvalue weighted by molar-refractivity contribution is 0.474. The van der Waals surface area contributed by atoms with Crippen LogP contribution in [0.3, 0.4) is 0 Å². The summed E-state index contributed by atoms with van der Waals surface area (Å²) in [5.41, 5.74) is 0.949. The Morgan fingerprint density at radius 1 is 0.846 bits per heavy atom. The second-order valence-electron chi connectivity index (χ2n) is 6.35. The molecule has 2 N–H and O–H groups in total. The normalized spacial score (nSPS) is 13.0. The van der Waals surface area contributed by atoms with E-state index in [1.54, 1.807) is 42.8 Å². The summed E-state index contributed by atoms with van der Waals surface area (Å²) < 4.78 is 31.0. The Kier molecular flexibility index (Phi) is 4.64. The maximum Gasteiger partial charge on any atom is 0.306 e. The van der Waals surface area contributed by atoms with Crippen molar-refractivity contribution in [1.29, 1.82) is 0 Å². The molecule has 0 aliphatic carbocycles. The summed E-state index contributed by atoms with van der Waals surface area (Å²) in [6.45, 7) is 1.87. The maximum atomic E-state index is 12.7. The van der Waals surface area contributed by atoms with Gasteiger partial charge in [-0.05, 0) is 49.8 Å². The Balaban J connectivity index is 2.10. The van der Waals surface area contributed by atoms with Gasteiger partial charge in [-0.2, -0.15) is 8.42 Å². The fourth-order valence-electron chi connectivity index (χ4n) is 2.75. The van der Waals surface area contributed by atoms with Gasteiger partial charge in [-0.15, -0.1) is 0 Å². The van der Waals surface area contributed by atoms with Gasteiger partial charge in [-0.3, -0.25) is 0 Å². The fraction of sp³-hybridized carbons (Fsp3) is 0.158. The van der Waals surface area contributed by atoms with Gasteiger partial charge in [-0.25, -0.2) is 3.63 Å². The molecule has 0 fully saturated rings. The van der Waals surface area contributed by atoms with Crippen LogP contribution in [-0.4, -0.2) is 31.1 Å². The first-order valence-corrected chi connectivity index (χ1v) is 11.6. The largest absolute Gasteiger partial charge is 0.507 e. The minimum Gasteiger partial charge on any atom is -0.507 e. The van der Waals surface area contributed by atoms with Crippen molar-refractivity contribution in [3.05, 3.63) is 60.2 Å². The molecule has 0 atom stereocenters. The van der Waals surface area contributed by atoms with E-state index in [1.165, 1.54) is 24.3 Å². The number of rotatable bonds is 4. The summed E-state index contributed by atoms with van der Waals surface area (Å²) >= 11 is 0. The number of phenolic OH excluding ortho intramolecular Hbond substituents is 2. The molecule has 0 unspecified atom stereocenters. The van der Waals surface area contributed by atoms with Gasteiger partial charge in [-0.1, -0.05) is 40.1 Å². The van der Waals surface area contributed by atoms with Crippen LogP contribution >= 0.6 is 10.3 Å². The number of aryl methyl sites for hydroxylation is 1.